The monoisotopic (exact) mass is 421 g/mol. The molecule has 2 aromatic heterocycles. The molecule has 0 spiro atoms. The first kappa shape index (κ1) is 17.6. The van der Waals surface area contributed by atoms with Crippen molar-refractivity contribution in [2.45, 2.75) is 5.16 Å². The van der Waals surface area contributed by atoms with Crippen molar-refractivity contribution in [2.75, 3.05) is 11.1 Å². The summed E-state index contributed by atoms with van der Waals surface area (Å²) >= 11 is 4.55. The van der Waals surface area contributed by atoms with E-state index in [0.29, 0.717) is 16.8 Å². The SMILES string of the molecule is Cn1c(SCC(=O)Nc2ccc(Br)cn2)nnc1-c1ccc(F)cc1. The predicted octanol–water partition coefficient (Wildman–Crippen LogP) is 3.51. The molecule has 0 unspecified atom stereocenters. The van der Waals surface area contributed by atoms with Gasteiger partial charge in [0, 0.05) is 23.3 Å². The highest BCUT2D eigenvalue weighted by Gasteiger charge is 2.13. The smallest absolute Gasteiger partial charge is 0.236 e. The molecule has 3 rings (SSSR count). The van der Waals surface area contributed by atoms with E-state index >= 15 is 0 Å². The topological polar surface area (TPSA) is 72.7 Å². The number of aromatic nitrogens is 4. The lowest BCUT2D eigenvalue weighted by Gasteiger charge is -2.05. The summed E-state index contributed by atoms with van der Waals surface area (Å²) < 4.78 is 15.6. The van der Waals surface area contributed by atoms with Crippen molar-refractivity contribution in [3.63, 3.8) is 0 Å². The minimum atomic E-state index is -0.307. The van der Waals surface area contributed by atoms with Crippen molar-refractivity contribution in [2.24, 2.45) is 7.05 Å². The van der Waals surface area contributed by atoms with Gasteiger partial charge < -0.3 is 9.88 Å². The minimum Gasteiger partial charge on any atom is -0.310 e. The highest BCUT2D eigenvalue weighted by atomic mass is 79.9. The van der Waals surface area contributed by atoms with E-state index in [4.69, 9.17) is 0 Å². The molecule has 0 aliphatic heterocycles. The van der Waals surface area contributed by atoms with Gasteiger partial charge in [0.25, 0.3) is 0 Å². The maximum Gasteiger partial charge on any atom is 0.236 e. The van der Waals surface area contributed by atoms with Crippen LogP contribution in [0.3, 0.4) is 0 Å². The molecule has 0 saturated carbocycles. The number of nitrogens with one attached hydrogen (secondary N) is 1. The second-order valence-electron chi connectivity index (χ2n) is 5.07. The van der Waals surface area contributed by atoms with E-state index in [2.05, 4.69) is 36.4 Å². The van der Waals surface area contributed by atoms with E-state index in [-0.39, 0.29) is 17.5 Å². The number of pyridine rings is 1. The molecule has 6 nitrogen and oxygen atoms in total. The number of hydrogen-bond acceptors (Lipinski definition) is 5. The van der Waals surface area contributed by atoms with Gasteiger partial charge in [-0.15, -0.1) is 10.2 Å². The molecule has 3 aromatic rings. The highest BCUT2D eigenvalue weighted by molar-refractivity contribution is 9.10. The number of hydrogen-bond donors (Lipinski definition) is 1. The van der Waals surface area contributed by atoms with E-state index in [1.165, 1.54) is 23.9 Å². The largest absolute Gasteiger partial charge is 0.310 e. The molecule has 9 heteroatoms. The lowest BCUT2D eigenvalue weighted by atomic mass is 10.2. The zero-order chi connectivity index (χ0) is 17.8. The van der Waals surface area contributed by atoms with Crippen molar-refractivity contribution in [3.8, 4) is 11.4 Å². The summed E-state index contributed by atoms with van der Waals surface area (Å²) in [6.45, 7) is 0. The van der Waals surface area contributed by atoms with Crippen LogP contribution in [0.15, 0.2) is 52.2 Å². The van der Waals surface area contributed by atoms with Crippen LogP contribution in [-0.4, -0.2) is 31.4 Å². The van der Waals surface area contributed by atoms with E-state index in [9.17, 15) is 9.18 Å². The van der Waals surface area contributed by atoms with Gasteiger partial charge in [-0.25, -0.2) is 9.37 Å². The maximum absolute atomic E-state index is 13.0. The first-order valence-electron chi connectivity index (χ1n) is 7.22. The van der Waals surface area contributed by atoms with Crippen LogP contribution >= 0.6 is 27.7 Å². The van der Waals surface area contributed by atoms with Crippen molar-refractivity contribution in [1.29, 1.82) is 0 Å². The van der Waals surface area contributed by atoms with Crippen LogP contribution in [0.4, 0.5) is 10.2 Å². The van der Waals surface area contributed by atoms with Crippen LogP contribution in [0.1, 0.15) is 0 Å². The Morgan fingerprint density at radius 1 is 1.24 bits per heavy atom. The van der Waals surface area contributed by atoms with Crippen LogP contribution in [-0.2, 0) is 11.8 Å². The molecular weight excluding hydrogens is 409 g/mol. The Morgan fingerprint density at radius 2 is 2.00 bits per heavy atom. The minimum absolute atomic E-state index is 0.174. The van der Waals surface area contributed by atoms with Gasteiger partial charge in [0.05, 0.1) is 5.75 Å². The number of carbonyl (C=O) groups excluding carboxylic acids is 1. The molecule has 0 atom stereocenters. The summed E-state index contributed by atoms with van der Waals surface area (Å²) in [4.78, 5) is 16.1. The van der Waals surface area contributed by atoms with Gasteiger partial charge in [-0.3, -0.25) is 4.79 Å². The molecule has 2 heterocycles. The van der Waals surface area contributed by atoms with Crippen LogP contribution in [0.25, 0.3) is 11.4 Å². The molecule has 0 aliphatic carbocycles. The van der Waals surface area contributed by atoms with Gasteiger partial charge in [0.2, 0.25) is 5.91 Å². The normalized spacial score (nSPS) is 10.7. The van der Waals surface area contributed by atoms with E-state index in [1.54, 1.807) is 42.1 Å². The molecule has 0 bridgehead atoms. The summed E-state index contributed by atoms with van der Waals surface area (Å²) in [7, 11) is 1.80. The molecule has 25 heavy (non-hydrogen) atoms. The Bertz CT molecular complexity index is 883. The fourth-order valence-electron chi connectivity index (χ4n) is 2.05. The average Bonchev–Trinajstić information content (AvgIpc) is 2.97. The fraction of sp³-hybridized carbons (Fsp3) is 0.125. The molecule has 0 aliphatic rings. The van der Waals surface area contributed by atoms with Gasteiger partial charge in [-0.2, -0.15) is 0 Å². The number of carbonyl (C=O) groups is 1. The quantitative estimate of drug-likeness (QED) is 0.638. The molecule has 1 N–H and O–H groups in total. The second kappa shape index (κ2) is 7.75. The number of halogens is 2. The van der Waals surface area contributed by atoms with Gasteiger partial charge in [0.1, 0.15) is 11.6 Å². The first-order valence-corrected chi connectivity index (χ1v) is 9.00. The maximum atomic E-state index is 13.0. The first-order chi connectivity index (χ1) is 12.0. The Balaban J connectivity index is 1.62. The summed E-state index contributed by atoms with van der Waals surface area (Å²) in [5.74, 6) is 0.772. The number of anilines is 1. The molecule has 0 saturated heterocycles. The number of thioether (sulfide) groups is 1. The summed E-state index contributed by atoms with van der Waals surface area (Å²) in [6, 6.07) is 9.53. The van der Waals surface area contributed by atoms with E-state index < -0.39 is 0 Å². The standard InChI is InChI=1S/C16H13BrFN5OS/c1-23-15(10-2-5-12(18)6-3-10)21-22-16(23)25-9-14(24)20-13-7-4-11(17)8-19-13/h2-8H,9H2,1H3,(H,19,20,24). The van der Waals surface area contributed by atoms with Crippen molar-refractivity contribution >= 4 is 39.4 Å². The average molecular weight is 422 g/mol. The van der Waals surface area contributed by atoms with E-state index in [0.717, 1.165) is 10.0 Å². The van der Waals surface area contributed by atoms with Crippen molar-refractivity contribution in [3.05, 3.63) is 52.9 Å². The van der Waals surface area contributed by atoms with Crippen LogP contribution in [0, 0.1) is 5.82 Å². The zero-order valence-electron chi connectivity index (χ0n) is 13.1. The van der Waals surface area contributed by atoms with Gasteiger partial charge >= 0.3 is 0 Å². The van der Waals surface area contributed by atoms with Gasteiger partial charge in [-0.1, -0.05) is 11.8 Å². The summed E-state index contributed by atoms with van der Waals surface area (Å²) in [5, 5.41) is 11.5. The third-order valence-corrected chi connectivity index (χ3v) is 4.75. The fourth-order valence-corrected chi connectivity index (χ4v) is 3.00. The van der Waals surface area contributed by atoms with Crippen molar-refractivity contribution in [1.82, 2.24) is 19.7 Å². The molecule has 1 amide bonds. The number of amides is 1. The Morgan fingerprint density at radius 3 is 2.68 bits per heavy atom. The highest BCUT2D eigenvalue weighted by Crippen LogP contribution is 2.23. The van der Waals surface area contributed by atoms with Crippen LogP contribution < -0.4 is 5.32 Å². The molecule has 0 radical (unpaired) electrons. The predicted molar refractivity (Wildman–Crippen MR) is 97.7 cm³/mol. The summed E-state index contributed by atoms with van der Waals surface area (Å²) in [6.07, 6.45) is 1.61. The second-order valence-corrected chi connectivity index (χ2v) is 6.93. The van der Waals surface area contributed by atoms with Crippen LogP contribution in [0.2, 0.25) is 0 Å². The third kappa shape index (κ3) is 4.43. The van der Waals surface area contributed by atoms with E-state index in [1.807, 2.05) is 0 Å². The Kier molecular flexibility index (Phi) is 5.44. The van der Waals surface area contributed by atoms with Crippen molar-refractivity contribution < 1.29 is 9.18 Å². The third-order valence-electron chi connectivity index (χ3n) is 3.26. The molecule has 128 valence electrons. The van der Waals surface area contributed by atoms with Gasteiger partial charge in [-0.05, 0) is 52.3 Å². The zero-order valence-corrected chi connectivity index (χ0v) is 15.5. The number of benzene rings is 1. The summed E-state index contributed by atoms with van der Waals surface area (Å²) in [5.41, 5.74) is 0.756. The number of rotatable bonds is 5. The Hall–Kier alpha value is -2.26. The molecular formula is C16H13BrFN5OS. The lowest BCUT2D eigenvalue weighted by Crippen LogP contribution is -2.15. The van der Waals surface area contributed by atoms with Gasteiger partial charge in [0.15, 0.2) is 11.0 Å². The molecule has 1 aromatic carbocycles. The number of nitrogens with zero attached hydrogens (tertiary/aromatic N) is 4. The van der Waals surface area contributed by atoms with Crippen LogP contribution in [0.5, 0.6) is 0 Å². The Labute approximate surface area is 156 Å². The lowest BCUT2D eigenvalue weighted by molar-refractivity contribution is -0.113. The molecule has 0 fully saturated rings.